The number of nitrogens with two attached hydrogens (primary N) is 1. The molecular formula is C14H21NO2. The van der Waals surface area contributed by atoms with Crippen molar-refractivity contribution < 1.29 is 9.84 Å². The summed E-state index contributed by atoms with van der Waals surface area (Å²) in [5.41, 5.74) is 8.37. The molecule has 0 radical (unpaired) electrons. The number of hydrogen-bond acceptors (Lipinski definition) is 3. The quantitative estimate of drug-likeness (QED) is 0.825. The van der Waals surface area contributed by atoms with Gasteiger partial charge in [-0.25, -0.2) is 0 Å². The first-order valence-corrected chi connectivity index (χ1v) is 6.17. The number of aryl methyl sites for hydroxylation is 1. The van der Waals surface area contributed by atoms with Crippen LogP contribution in [0.3, 0.4) is 0 Å². The van der Waals surface area contributed by atoms with Crippen molar-refractivity contribution in [2.24, 2.45) is 5.73 Å². The van der Waals surface area contributed by atoms with Crippen LogP contribution in [0.25, 0.3) is 0 Å². The topological polar surface area (TPSA) is 55.5 Å². The normalized spacial score (nSPS) is 29.1. The molecule has 0 bridgehead atoms. The first-order chi connectivity index (χ1) is 8.05. The van der Waals surface area contributed by atoms with Crippen LogP contribution in [0.15, 0.2) is 18.2 Å². The van der Waals surface area contributed by atoms with Crippen LogP contribution >= 0.6 is 0 Å². The number of rotatable bonds is 2. The summed E-state index contributed by atoms with van der Waals surface area (Å²) in [5.74, 6) is 0.865. The van der Waals surface area contributed by atoms with Crippen molar-refractivity contribution in [2.45, 2.75) is 44.2 Å². The Labute approximate surface area is 103 Å². The van der Waals surface area contributed by atoms with Crippen molar-refractivity contribution in [3.8, 4) is 5.75 Å². The van der Waals surface area contributed by atoms with E-state index in [4.69, 9.17) is 10.5 Å². The molecule has 0 spiro atoms. The molecule has 0 amide bonds. The molecule has 1 aliphatic rings. The third-order valence-electron chi connectivity index (χ3n) is 3.74. The smallest absolute Gasteiger partial charge is 0.124 e. The number of methoxy groups -OCH3 is 1. The van der Waals surface area contributed by atoms with E-state index in [1.54, 1.807) is 7.11 Å². The maximum absolute atomic E-state index is 9.57. The molecule has 3 N–H and O–H groups in total. The van der Waals surface area contributed by atoms with Crippen molar-refractivity contribution in [3.63, 3.8) is 0 Å². The van der Waals surface area contributed by atoms with Crippen molar-refractivity contribution in [1.82, 2.24) is 0 Å². The standard InChI is InChI=1S/C14H21NO2/c1-10-3-4-12(13(9-10)17-2)14(15)7-5-11(16)6-8-14/h3-4,9,11,16H,5-8,15H2,1-2H3. The Bertz CT molecular complexity index is 395. The zero-order valence-electron chi connectivity index (χ0n) is 10.6. The van der Waals surface area contributed by atoms with Crippen LogP contribution in [0, 0.1) is 6.92 Å². The molecule has 94 valence electrons. The van der Waals surface area contributed by atoms with E-state index in [1.165, 1.54) is 5.56 Å². The maximum Gasteiger partial charge on any atom is 0.124 e. The van der Waals surface area contributed by atoms with Gasteiger partial charge in [0.15, 0.2) is 0 Å². The van der Waals surface area contributed by atoms with Crippen LogP contribution in [0.1, 0.15) is 36.8 Å². The minimum Gasteiger partial charge on any atom is -0.496 e. The first-order valence-electron chi connectivity index (χ1n) is 6.17. The average Bonchev–Trinajstić information content (AvgIpc) is 2.33. The summed E-state index contributed by atoms with van der Waals surface area (Å²) in [6.07, 6.45) is 2.98. The zero-order chi connectivity index (χ0) is 12.5. The Morgan fingerprint density at radius 2 is 2.00 bits per heavy atom. The van der Waals surface area contributed by atoms with Crippen molar-refractivity contribution in [3.05, 3.63) is 29.3 Å². The highest BCUT2D eigenvalue weighted by Crippen LogP contribution is 2.39. The molecule has 0 aromatic heterocycles. The second kappa shape index (κ2) is 4.67. The van der Waals surface area contributed by atoms with Crippen molar-refractivity contribution in [1.29, 1.82) is 0 Å². The Morgan fingerprint density at radius 3 is 2.59 bits per heavy atom. The highest BCUT2D eigenvalue weighted by atomic mass is 16.5. The van der Waals surface area contributed by atoms with Gasteiger partial charge in [0.05, 0.1) is 13.2 Å². The fraction of sp³-hybridized carbons (Fsp3) is 0.571. The predicted molar refractivity (Wildman–Crippen MR) is 68.1 cm³/mol. The van der Waals surface area contributed by atoms with E-state index in [-0.39, 0.29) is 11.6 Å². The number of aliphatic hydroxyl groups is 1. The van der Waals surface area contributed by atoms with Gasteiger partial charge >= 0.3 is 0 Å². The minimum absolute atomic E-state index is 0.192. The summed E-state index contributed by atoms with van der Waals surface area (Å²) in [4.78, 5) is 0. The second-order valence-corrected chi connectivity index (χ2v) is 5.09. The molecule has 2 rings (SSSR count). The Hall–Kier alpha value is -1.06. The summed E-state index contributed by atoms with van der Waals surface area (Å²) in [6.45, 7) is 2.04. The first kappa shape index (κ1) is 12.4. The van der Waals surface area contributed by atoms with E-state index >= 15 is 0 Å². The van der Waals surface area contributed by atoms with Gasteiger partial charge in [-0.2, -0.15) is 0 Å². The molecule has 1 fully saturated rings. The summed E-state index contributed by atoms with van der Waals surface area (Å²) < 4.78 is 5.43. The van der Waals surface area contributed by atoms with Gasteiger partial charge < -0.3 is 15.6 Å². The molecule has 3 heteroatoms. The molecule has 1 aliphatic carbocycles. The molecule has 0 saturated heterocycles. The van der Waals surface area contributed by atoms with Crippen molar-refractivity contribution in [2.75, 3.05) is 7.11 Å². The number of ether oxygens (including phenoxy) is 1. The third kappa shape index (κ3) is 2.45. The summed E-state index contributed by atoms with van der Waals surface area (Å²) in [7, 11) is 1.68. The largest absolute Gasteiger partial charge is 0.496 e. The SMILES string of the molecule is COc1cc(C)ccc1C1(N)CCC(O)CC1. The molecule has 1 aromatic rings. The lowest BCUT2D eigenvalue weighted by molar-refractivity contribution is 0.0960. The lowest BCUT2D eigenvalue weighted by Crippen LogP contribution is -2.41. The van der Waals surface area contributed by atoms with E-state index in [0.29, 0.717) is 0 Å². The Balaban J connectivity index is 2.32. The van der Waals surface area contributed by atoms with Crippen molar-refractivity contribution >= 4 is 0 Å². The van der Waals surface area contributed by atoms with Gasteiger partial charge in [-0.15, -0.1) is 0 Å². The molecular weight excluding hydrogens is 214 g/mol. The molecule has 0 heterocycles. The predicted octanol–water partition coefficient (Wildman–Crippen LogP) is 2.09. The summed E-state index contributed by atoms with van der Waals surface area (Å²) in [5, 5.41) is 9.57. The van der Waals surface area contributed by atoms with E-state index in [9.17, 15) is 5.11 Å². The number of aliphatic hydroxyl groups excluding tert-OH is 1. The molecule has 0 aliphatic heterocycles. The average molecular weight is 235 g/mol. The third-order valence-corrected chi connectivity index (χ3v) is 3.74. The molecule has 1 saturated carbocycles. The number of benzene rings is 1. The second-order valence-electron chi connectivity index (χ2n) is 5.09. The highest BCUT2D eigenvalue weighted by Gasteiger charge is 2.34. The summed E-state index contributed by atoms with van der Waals surface area (Å²) >= 11 is 0. The van der Waals surface area contributed by atoms with E-state index in [1.807, 2.05) is 13.0 Å². The van der Waals surface area contributed by atoms with E-state index in [0.717, 1.165) is 37.0 Å². The maximum atomic E-state index is 9.57. The van der Waals surface area contributed by atoms with Crippen LogP contribution in [-0.2, 0) is 5.54 Å². The zero-order valence-corrected chi connectivity index (χ0v) is 10.6. The van der Waals surface area contributed by atoms with E-state index in [2.05, 4.69) is 12.1 Å². The van der Waals surface area contributed by atoms with Gasteiger partial charge in [0.25, 0.3) is 0 Å². The minimum atomic E-state index is -0.349. The van der Waals surface area contributed by atoms with Gasteiger partial charge in [0, 0.05) is 11.1 Å². The molecule has 0 unspecified atom stereocenters. The van der Waals surface area contributed by atoms with Crippen LogP contribution in [0.2, 0.25) is 0 Å². The van der Waals surface area contributed by atoms with Crippen LogP contribution in [0.4, 0.5) is 0 Å². The molecule has 0 atom stereocenters. The van der Waals surface area contributed by atoms with Gasteiger partial charge in [-0.05, 0) is 44.2 Å². The summed E-state index contributed by atoms with van der Waals surface area (Å²) in [6, 6.07) is 6.15. The lowest BCUT2D eigenvalue weighted by Gasteiger charge is -2.36. The van der Waals surface area contributed by atoms with Crippen LogP contribution in [-0.4, -0.2) is 18.3 Å². The molecule has 17 heavy (non-hydrogen) atoms. The molecule has 3 nitrogen and oxygen atoms in total. The van der Waals surface area contributed by atoms with Gasteiger partial charge in [-0.3, -0.25) is 0 Å². The van der Waals surface area contributed by atoms with Gasteiger partial charge in [0.2, 0.25) is 0 Å². The van der Waals surface area contributed by atoms with Crippen LogP contribution in [0.5, 0.6) is 5.75 Å². The Kier molecular flexibility index (Phi) is 3.40. The van der Waals surface area contributed by atoms with E-state index < -0.39 is 0 Å². The monoisotopic (exact) mass is 235 g/mol. The lowest BCUT2D eigenvalue weighted by atomic mass is 9.76. The fourth-order valence-corrected chi connectivity index (χ4v) is 2.60. The number of hydrogen-bond donors (Lipinski definition) is 2. The highest BCUT2D eigenvalue weighted by molar-refractivity contribution is 5.42. The Morgan fingerprint density at radius 1 is 1.35 bits per heavy atom. The molecule has 1 aromatic carbocycles. The fourth-order valence-electron chi connectivity index (χ4n) is 2.60. The van der Waals surface area contributed by atoms with Gasteiger partial charge in [0.1, 0.15) is 5.75 Å². The van der Waals surface area contributed by atoms with Gasteiger partial charge in [-0.1, -0.05) is 12.1 Å². The van der Waals surface area contributed by atoms with Crippen LogP contribution < -0.4 is 10.5 Å².